The molecule has 0 aliphatic rings. The zero-order chi connectivity index (χ0) is 29.3. The monoisotopic (exact) mass is 564 g/mol. The molecule has 0 saturated carbocycles. The Morgan fingerprint density at radius 3 is 1.18 bits per heavy atom. The molecule has 1 heterocycles. The third-order valence-corrected chi connectivity index (χ3v) is 8.05. The van der Waals surface area contributed by atoms with Crippen molar-refractivity contribution in [2.45, 2.75) is 0 Å². The van der Waals surface area contributed by atoms with Crippen molar-refractivity contribution >= 4 is 66.8 Å². The SMILES string of the molecule is c1ccc(N(c2ccccc2)c2ccc(N(c3ccccc3)c3cnc4c5ccccc5c5ccccc5c4n3)cc2)cc1. The smallest absolute Gasteiger partial charge is 0.156 e. The molecule has 0 N–H and O–H groups in total. The van der Waals surface area contributed by atoms with Crippen molar-refractivity contribution < 1.29 is 0 Å². The summed E-state index contributed by atoms with van der Waals surface area (Å²) >= 11 is 0. The van der Waals surface area contributed by atoms with Crippen molar-refractivity contribution in [3.05, 3.63) is 170 Å². The quantitative estimate of drug-likeness (QED) is 0.188. The Labute approximate surface area is 256 Å². The molecule has 4 heteroatoms. The Morgan fingerprint density at radius 2 is 0.682 bits per heavy atom. The van der Waals surface area contributed by atoms with Crippen molar-refractivity contribution in [2.75, 3.05) is 9.80 Å². The number of anilines is 6. The zero-order valence-electron chi connectivity index (χ0n) is 24.0. The third-order valence-electron chi connectivity index (χ3n) is 8.05. The molecule has 0 aliphatic heterocycles. The second kappa shape index (κ2) is 11.0. The van der Waals surface area contributed by atoms with Crippen LogP contribution in [0.15, 0.2) is 170 Å². The van der Waals surface area contributed by atoms with Gasteiger partial charge in [-0.15, -0.1) is 0 Å². The van der Waals surface area contributed by atoms with Crippen LogP contribution in [0.5, 0.6) is 0 Å². The summed E-state index contributed by atoms with van der Waals surface area (Å²) in [5, 5.41) is 4.58. The van der Waals surface area contributed by atoms with Crippen molar-refractivity contribution in [1.82, 2.24) is 9.97 Å². The molecule has 0 spiro atoms. The van der Waals surface area contributed by atoms with E-state index in [9.17, 15) is 0 Å². The molecular formula is C40H28N4. The lowest BCUT2D eigenvalue weighted by Gasteiger charge is -2.27. The van der Waals surface area contributed by atoms with Gasteiger partial charge < -0.3 is 4.90 Å². The average molecular weight is 565 g/mol. The van der Waals surface area contributed by atoms with E-state index in [2.05, 4.69) is 155 Å². The molecular weight excluding hydrogens is 536 g/mol. The molecule has 0 bridgehead atoms. The van der Waals surface area contributed by atoms with Crippen molar-refractivity contribution in [2.24, 2.45) is 0 Å². The molecule has 0 unspecified atom stereocenters. The van der Waals surface area contributed by atoms with Gasteiger partial charge in [0.05, 0.1) is 17.2 Å². The van der Waals surface area contributed by atoms with Gasteiger partial charge in [-0.1, -0.05) is 103 Å². The molecule has 0 aliphatic carbocycles. The predicted octanol–water partition coefficient (Wildman–Crippen LogP) is 10.9. The minimum absolute atomic E-state index is 0.764. The number of benzene rings is 7. The first kappa shape index (κ1) is 25.7. The van der Waals surface area contributed by atoms with Crippen LogP contribution in [0.25, 0.3) is 32.6 Å². The highest BCUT2D eigenvalue weighted by Crippen LogP contribution is 2.40. The van der Waals surface area contributed by atoms with E-state index < -0.39 is 0 Å². The van der Waals surface area contributed by atoms with Crippen LogP contribution in [0, 0.1) is 0 Å². The topological polar surface area (TPSA) is 32.3 Å². The molecule has 0 atom stereocenters. The van der Waals surface area contributed by atoms with Gasteiger partial charge >= 0.3 is 0 Å². The van der Waals surface area contributed by atoms with Gasteiger partial charge in [-0.25, -0.2) is 4.98 Å². The van der Waals surface area contributed by atoms with Gasteiger partial charge in [0.15, 0.2) is 5.82 Å². The highest BCUT2D eigenvalue weighted by Gasteiger charge is 2.19. The highest BCUT2D eigenvalue weighted by atomic mass is 15.2. The van der Waals surface area contributed by atoms with Crippen LogP contribution in [-0.4, -0.2) is 9.97 Å². The number of nitrogens with zero attached hydrogens (tertiary/aromatic N) is 4. The summed E-state index contributed by atoms with van der Waals surface area (Å²) in [6, 6.07) is 56.9. The Hall–Kier alpha value is -6.00. The first-order valence-corrected chi connectivity index (χ1v) is 14.8. The molecule has 4 nitrogen and oxygen atoms in total. The largest absolute Gasteiger partial charge is 0.311 e. The van der Waals surface area contributed by atoms with E-state index in [4.69, 9.17) is 9.97 Å². The number of para-hydroxylation sites is 3. The summed E-state index contributed by atoms with van der Waals surface area (Å²) < 4.78 is 0. The van der Waals surface area contributed by atoms with Gasteiger partial charge in [0, 0.05) is 39.2 Å². The normalized spacial score (nSPS) is 11.2. The standard InChI is InChI=1S/C40H28N4/c1-4-14-29(15-5-1)43(30-16-6-2-7-17-30)32-24-26-33(27-25-32)44(31-18-8-3-9-19-31)38-28-41-39-36-22-12-10-20-34(36)35-21-11-13-23-37(35)40(39)42-38/h1-28H. The molecule has 44 heavy (non-hydrogen) atoms. The minimum Gasteiger partial charge on any atom is -0.311 e. The van der Waals surface area contributed by atoms with Crippen LogP contribution in [0.4, 0.5) is 34.3 Å². The summed E-state index contributed by atoms with van der Waals surface area (Å²) in [4.78, 5) is 14.8. The maximum Gasteiger partial charge on any atom is 0.156 e. The number of aromatic nitrogens is 2. The van der Waals surface area contributed by atoms with Crippen LogP contribution in [0.3, 0.4) is 0 Å². The van der Waals surface area contributed by atoms with Crippen molar-refractivity contribution in [3.63, 3.8) is 0 Å². The Kier molecular flexibility index (Phi) is 6.43. The summed E-state index contributed by atoms with van der Waals surface area (Å²) in [6.45, 7) is 0. The molecule has 0 fully saturated rings. The van der Waals surface area contributed by atoms with E-state index in [0.717, 1.165) is 56.1 Å². The van der Waals surface area contributed by atoms with E-state index in [1.54, 1.807) is 0 Å². The lowest BCUT2D eigenvalue weighted by Crippen LogP contribution is -2.13. The summed E-state index contributed by atoms with van der Waals surface area (Å²) in [7, 11) is 0. The van der Waals surface area contributed by atoms with Crippen molar-refractivity contribution in [1.29, 1.82) is 0 Å². The fourth-order valence-corrected chi connectivity index (χ4v) is 6.06. The average Bonchev–Trinajstić information content (AvgIpc) is 3.11. The molecule has 8 rings (SSSR count). The van der Waals surface area contributed by atoms with Gasteiger partial charge in [-0.05, 0) is 71.4 Å². The fraction of sp³-hybridized carbons (Fsp3) is 0. The van der Waals surface area contributed by atoms with E-state index in [0.29, 0.717) is 0 Å². The lowest BCUT2D eigenvalue weighted by atomic mass is 10.00. The minimum atomic E-state index is 0.764. The Bertz CT molecular complexity index is 2140. The summed E-state index contributed by atoms with van der Waals surface area (Å²) in [6.07, 6.45) is 1.89. The van der Waals surface area contributed by atoms with E-state index >= 15 is 0 Å². The van der Waals surface area contributed by atoms with Crippen LogP contribution in [0.2, 0.25) is 0 Å². The van der Waals surface area contributed by atoms with Gasteiger partial charge in [0.25, 0.3) is 0 Å². The van der Waals surface area contributed by atoms with Gasteiger partial charge in [-0.2, -0.15) is 0 Å². The summed E-state index contributed by atoms with van der Waals surface area (Å²) in [5.41, 5.74) is 7.10. The van der Waals surface area contributed by atoms with Gasteiger partial charge in [-0.3, -0.25) is 9.88 Å². The zero-order valence-corrected chi connectivity index (χ0v) is 24.0. The summed E-state index contributed by atoms with van der Waals surface area (Å²) in [5.74, 6) is 0.764. The first-order chi connectivity index (χ1) is 21.8. The van der Waals surface area contributed by atoms with Crippen LogP contribution in [-0.2, 0) is 0 Å². The van der Waals surface area contributed by atoms with Gasteiger partial charge in [0.1, 0.15) is 0 Å². The van der Waals surface area contributed by atoms with Crippen LogP contribution in [0.1, 0.15) is 0 Å². The Morgan fingerprint density at radius 1 is 0.318 bits per heavy atom. The van der Waals surface area contributed by atoms with Crippen LogP contribution < -0.4 is 9.80 Å². The Balaban J connectivity index is 1.29. The number of hydrogen-bond donors (Lipinski definition) is 0. The number of hydrogen-bond acceptors (Lipinski definition) is 4. The fourth-order valence-electron chi connectivity index (χ4n) is 6.06. The predicted molar refractivity (Wildman–Crippen MR) is 184 cm³/mol. The van der Waals surface area contributed by atoms with E-state index in [1.807, 2.05) is 24.4 Å². The molecule has 0 amide bonds. The number of fused-ring (bicyclic) bond motifs is 6. The second-order valence-corrected chi connectivity index (χ2v) is 10.7. The van der Waals surface area contributed by atoms with E-state index in [1.165, 1.54) is 10.8 Å². The van der Waals surface area contributed by atoms with Crippen molar-refractivity contribution in [3.8, 4) is 0 Å². The molecule has 208 valence electrons. The molecule has 0 radical (unpaired) electrons. The van der Waals surface area contributed by atoms with Crippen LogP contribution >= 0.6 is 0 Å². The molecule has 8 aromatic rings. The van der Waals surface area contributed by atoms with E-state index in [-0.39, 0.29) is 0 Å². The number of rotatable bonds is 6. The van der Waals surface area contributed by atoms with Gasteiger partial charge in [0.2, 0.25) is 0 Å². The maximum absolute atomic E-state index is 5.31. The molecule has 0 saturated heterocycles. The highest BCUT2D eigenvalue weighted by molar-refractivity contribution is 6.23. The third kappa shape index (κ3) is 4.50. The molecule has 1 aromatic heterocycles. The lowest BCUT2D eigenvalue weighted by molar-refractivity contribution is 1.17. The molecule has 7 aromatic carbocycles. The maximum atomic E-state index is 5.31. The first-order valence-electron chi connectivity index (χ1n) is 14.8. The second-order valence-electron chi connectivity index (χ2n) is 10.7.